The normalized spacial score (nSPS) is 14.7. The Labute approximate surface area is 109 Å². The van der Waals surface area contributed by atoms with Gasteiger partial charge in [0.25, 0.3) is 0 Å². The molecule has 92 valence electrons. The molecule has 1 fully saturated rings. The predicted octanol–water partition coefficient (Wildman–Crippen LogP) is 1.69. The van der Waals surface area contributed by atoms with Gasteiger partial charge in [-0.25, -0.2) is 0 Å². The van der Waals surface area contributed by atoms with Gasteiger partial charge >= 0.3 is 0 Å². The molecule has 0 unspecified atom stereocenters. The molecule has 1 aromatic rings. The first-order valence-electron chi connectivity index (χ1n) is 5.65. The Bertz CT molecular complexity index is 432. The van der Waals surface area contributed by atoms with Gasteiger partial charge in [-0.1, -0.05) is 15.9 Å². The van der Waals surface area contributed by atoms with Crippen LogP contribution >= 0.6 is 15.9 Å². The largest absolute Gasteiger partial charge is 0.395 e. The van der Waals surface area contributed by atoms with E-state index in [1.807, 2.05) is 18.2 Å². The lowest BCUT2D eigenvalue weighted by molar-refractivity contribution is 0.301. The number of halogens is 1. The summed E-state index contributed by atoms with van der Waals surface area (Å²) in [5.41, 5.74) is 7.28. The van der Waals surface area contributed by atoms with Crippen LogP contribution in [0.5, 0.6) is 0 Å². The monoisotopic (exact) mass is 297 g/mol. The van der Waals surface area contributed by atoms with E-state index in [0.717, 1.165) is 28.6 Å². The van der Waals surface area contributed by atoms with Crippen LogP contribution in [0.2, 0.25) is 0 Å². The van der Waals surface area contributed by atoms with Crippen molar-refractivity contribution in [2.45, 2.75) is 18.9 Å². The van der Waals surface area contributed by atoms with Gasteiger partial charge in [0, 0.05) is 28.3 Å². The number of aliphatic hydroxyl groups is 1. The van der Waals surface area contributed by atoms with Crippen molar-refractivity contribution >= 4 is 27.5 Å². The molecule has 0 saturated heterocycles. The molecule has 1 aliphatic carbocycles. The Balaban J connectivity index is 2.37. The first kappa shape index (κ1) is 12.4. The topological polar surface area (TPSA) is 73.3 Å². The maximum atomic E-state index is 9.12. The smallest absolute Gasteiger partial charge is 0.124 e. The highest BCUT2D eigenvalue weighted by molar-refractivity contribution is 9.10. The van der Waals surface area contributed by atoms with Crippen LogP contribution in [-0.2, 0) is 0 Å². The Morgan fingerprint density at radius 1 is 1.53 bits per heavy atom. The van der Waals surface area contributed by atoms with Crippen molar-refractivity contribution in [3.63, 3.8) is 0 Å². The number of amidine groups is 1. The average molecular weight is 298 g/mol. The molecule has 2 rings (SSSR count). The zero-order valence-electron chi connectivity index (χ0n) is 9.49. The second kappa shape index (κ2) is 5.06. The highest BCUT2D eigenvalue weighted by Gasteiger charge is 2.30. The molecule has 0 aliphatic heterocycles. The van der Waals surface area contributed by atoms with Gasteiger partial charge in [-0.2, -0.15) is 0 Å². The first-order valence-corrected chi connectivity index (χ1v) is 6.44. The van der Waals surface area contributed by atoms with E-state index in [2.05, 4.69) is 20.8 Å². The fraction of sp³-hybridized carbons (Fsp3) is 0.417. The molecule has 1 aromatic carbocycles. The third kappa shape index (κ3) is 2.79. The number of benzene rings is 1. The van der Waals surface area contributed by atoms with E-state index in [4.69, 9.17) is 16.2 Å². The van der Waals surface area contributed by atoms with E-state index in [1.165, 1.54) is 0 Å². The Hall–Kier alpha value is -1.07. The Morgan fingerprint density at radius 2 is 2.24 bits per heavy atom. The van der Waals surface area contributed by atoms with E-state index >= 15 is 0 Å². The number of aliphatic hydroxyl groups excluding tert-OH is 1. The summed E-state index contributed by atoms with van der Waals surface area (Å²) in [6.45, 7) is 0.705. The SMILES string of the molecule is N=C(N)c1cc(Br)ccc1N(CCO)C1CC1. The minimum Gasteiger partial charge on any atom is -0.395 e. The number of anilines is 1. The van der Waals surface area contributed by atoms with Crippen LogP contribution in [0.4, 0.5) is 5.69 Å². The van der Waals surface area contributed by atoms with Crippen LogP contribution in [0.25, 0.3) is 0 Å². The van der Waals surface area contributed by atoms with Crippen LogP contribution in [0, 0.1) is 5.41 Å². The maximum Gasteiger partial charge on any atom is 0.124 e. The van der Waals surface area contributed by atoms with Gasteiger partial charge in [0.1, 0.15) is 5.84 Å². The van der Waals surface area contributed by atoms with Crippen LogP contribution < -0.4 is 10.6 Å². The molecule has 4 N–H and O–H groups in total. The number of nitrogens with one attached hydrogen (secondary N) is 1. The summed E-state index contributed by atoms with van der Waals surface area (Å²) in [5, 5.41) is 16.8. The number of nitrogen functional groups attached to an aromatic ring is 1. The molecule has 0 bridgehead atoms. The minimum atomic E-state index is 0.0601. The van der Waals surface area contributed by atoms with E-state index in [-0.39, 0.29) is 12.4 Å². The molecule has 5 heteroatoms. The molecule has 1 aliphatic rings. The number of nitrogens with two attached hydrogens (primary N) is 1. The van der Waals surface area contributed by atoms with Gasteiger partial charge in [0.05, 0.1) is 6.61 Å². The van der Waals surface area contributed by atoms with E-state index < -0.39 is 0 Å². The maximum absolute atomic E-state index is 9.12. The van der Waals surface area contributed by atoms with Crippen molar-refractivity contribution in [2.75, 3.05) is 18.1 Å². The zero-order valence-corrected chi connectivity index (χ0v) is 11.1. The van der Waals surface area contributed by atoms with Gasteiger partial charge in [-0.3, -0.25) is 5.41 Å². The number of hydrogen-bond donors (Lipinski definition) is 3. The number of hydrogen-bond acceptors (Lipinski definition) is 3. The van der Waals surface area contributed by atoms with Crippen LogP contribution in [-0.4, -0.2) is 30.1 Å². The Morgan fingerprint density at radius 3 is 2.76 bits per heavy atom. The molecule has 0 heterocycles. The number of rotatable bonds is 5. The molecule has 1 saturated carbocycles. The summed E-state index contributed by atoms with van der Waals surface area (Å²) in [4.78, 5) is 2.14. The summed E-state index contributed by atoms with van der Waals surface area (Å²) in [6, 6.07) is 6.23. The van der Waals surface area contributed by atoms with Crippen LogP contribution in [0.3, 0.4) is 0 Å². The Kier molecular flexibility index (Phi) is 3.69. The van der Waals surface area contributed by atoms with Crippen molar-refractivity contribution in [1.82, 2.24) is 0 Å². The molecule has 0 aromatic heterocycles. The van der Waals surface area contributed by atoms with Crippen molar-refractivity contribution in [3.8, 4) is 0 Å². The van der Waals surface area contributed by atoms with Gasteiger partial charge in [-0.05, 0) is 31.0 Å². The fourth-order valence-electron chi connectivity index (χ4n) is 1.97. The third-order valence-corrected chi connectivity index (χ3v) is 3.38. The summed E-state index contributed by atoms with van der Waals surface area (Å²) in [6.07, 6.45) is 2.29. The molecular formula is C12H16BrN3O. The highest BCUT2D eigenvalue weighted by Crippen LogP contribution is 2.34. The standard InChI is InChI=1S/C12H16BrN3O/c13-8-1-4-11(10(7-8)12(14)15)16(5-6-17)9-2-3-9/h1,4,7,9,17H,2-3,5-6H2,(H3,14,15). The molecule has 0 radical (unpaired) electrons. The minimum absolute atomic E-state index is 0.0601. The van der Waals surface area contributed by atoms with Gasteiger partial charge in [-0.15, -0.1) is 0 Å². The zero-order chi connectivity index (χ0) is 12.4. The highest BCUT2D eigenvalue weighted by atomic mass is 79.9. The second-order valence-electron chi connectivity index (χ2n) is 4.22. The lowest BCUT2D eigenvalue weighted by Gasteiger charge is -2.26. The van der Waals surface area contributed by atoms with Gasteiger partial charge in [0.15, 0.2) is 0 Å². The fourth-order valence-corrected chi connectivity index (χ4v) is 2.33. The van der Waals surface area contributed by atoms with Crippen molar-refractivity contribution in [3.05, 3.63) is 28.2 Å². The lowest BCUT2D eigenvalue weighted by Crippen LogP contribution is -2.31. The van der Waals surface area contributed by atoms with E-state index in [9.17, 15) is 0 Å². The van der Waals surface area contributed by atoms with Crippen molar-refractivity contribution in [2.24, 2.45) is 5.73 Å². The van der Waals surface area contributed by atoms with Gasteiger partial charge < -0.3 is 15.7 Å². The lowest BCUT2D eigenvalue weighted by atomic mass is 10.1. The molecule has 0 amide bonds. The average Bonchev–Trinajstić information content (AvgIpc) is 3.10. The molecule has 4 nitrogen and oxygen atoms in total. The molecule has 17 heavy (non-hydrogen) atoms. The summed E-state index contributed by atoms with van der Waals surface area (Å²) in [5.74, 6) is 0.0601. The van der Waals surface area contributed by atoms with Gasteiger partial charge in [0.2, 0.25) is 0 Å². The summed E-state index contributed by atoms with van der Waals surface area (Å²) in [7, 11) is 0. The van der Waals surface area contributed by atoms with Crippen molar-refractivity contribution in [1.29, 1.82) is 5.41 Å². The summed E-state index contributed by atoms with van der Waals surface area (Å²) >= 11 is 3.39. The molecule has 0 atom stereocenters. The quantitative estimate of drug-likeness (QED) is 0.572. The summed E-state index contributed by atoms with van der Waals surface area (Å²) < 4.78 is 0.909. The first-order chi connectivity index (χ1) is 8.13. The molecule has 0 spiro atoms. The second-order valence-corrected chi connectivity index (χ2v) is 5.14. The predicted molar refractivity (Wildman–Crippen MR) is 72.6 cm³/mol. The van der Waals surface area contributed by atoms with Crippen LogP contribution in [0.1, 0.15) is 18.4 Å². The van der Waals surface area contributed by atoms with E-state index in [0.29, 0.717) is 12.6 Å². The molecular weight excluding hydrogens is 282 g/mol. The van der Waals surface area contributed by atoms with Crippen LogP contribution in [0.15, 0.2) is 22.7 Å². The van der Waals surface area contributed by atoms with Crippen molar-refractivity contribution < 1.29 is 5.11 Å². The third-order valence-electron chi connectivity index (χ3n) is 2.89. The number of nitrogens with zero attached hydrogens (tertiary/aromatic N) is 1. The van der Waals surface area contributed by atoms with E-state index in [1.54, 1.807) is 0 Å².